The van der Waals surface area contributed by atoms with E-state index in [1.165, 1.54) is 23.2 Å². The van der Waals surface area contributed by atoms with Gasteiger partial charge in [0.15, 0.2) is 5.13 Å². The lowest BCUT2D eigenvalue weighted by Crippen LogP contribution is -2.23. The molecule has 4 aromatic rings. The molecule has 4 rings (SSSR count). The van der Waals surface area contributed by atoms with E-state index in [0.29, 0.717) is 22.1 Å². The van der Waals surface area contributed by atoms with Crippen LogP contribution in [-0.2, 0) is 27.5 Å². The summed E-state index contributed by atoms with van der Waals surface area (Å²) in [5, 5.41) is 6.21. The zero-order valence-corrected chi connectivity index (χ0v) is 17.8. The van der Waals surface area contributed by atoms with Crippen molar-refractivity contribution in [3.63, 3.8) is 0 Å². The van der Waals surface area contributed by atoms with E-state index in [4.69, 9.17) is 9.15 Å². The number of carbonyl (C=O) groups is 2. The quantitative estimate of drug-likeness (QED) is 0.397. The monoisotopic (exact) mass is 450 g/mol. The van der Waals surface area contributed by atoms with Crippen molar-refractivity contribution in [3.05, 3.63) is 82.3 Å². The first-order valence-corrected chi connectivity index (χ1v) is 10.5. The molecule has 0 N–H and O–H groups in total. The van der Waals surface area contributed by atoms with Crippen molar-refractivity contribution in [1.82, 2.24) is 14.8 Å². The van der Waals surface area contributed by atoms with Gasteiger partial charge in [0.2, 0.25) is 11.8 Å². The molecule has 0 saturated heterocycles. The van der Waals surface area contributed by atoms with Crippen LogP contribution in [0.5, 0.6) is 0 Å². The highest BCUT2D eigenvalue weighted by molar-refractivity contribution is 7.14. The average Bonchev–Trinajstić information content (AvgIpc) is 3.40. The van der Waals surface area contributed by atoms with Crippen LogP contribution >= 0.6 is 11.3 Å². The maximum Gasteiger partial charge on any atom is 0.437 e. The maximum absolute atomic E-state index is 12.2. The van der Waals surface area contributed by atoms with Gasteiger partial charge < -0.3 is 9.15 Å². The van der Waals surface area contributed by atoms with E-state index in [1.807, 2.05) is 36.4 Å². The molecule has 2 aromatic carbocycles. The molecule has 0 atom stereocenters. The van der Waals surface area contributed by atoms with E-state index < -0.39 is 18.3 Å². The molecule has 32 heavy (non-hydrogen) atoms. The summed E-state index contributed by atoms with van der Waals surface area (Å²) in [4.78, 5) is 42.2. The van der Waals surface area contributed by atoms with Crippen molar-refractivity contribution in [2.24, 2.45) is 0 Å². The summed E-state index contributed by atoms with van der Waals surface area (Å²) < 4.78 is 11.2. The second kappa shape index (κ2) is 9.40. The summed E-state index contributed by atoms with van der Waals surface area (Å²) in [5.41, 5.74) is 1.80. The molecule has 0 spiro atoms. The number of carbonyl (C=O) groups excluding carboxylic acids is 2. The first-order chi connectivity index (χ1) is 15.5. The summed E-state index contributed by atoms with van der Waals surface area (Å²) >= 11 is 1.26. The van der Waals surface area contributed by atoms with Crippen LogP contribution in [0.3, 0.4) is 0 Å². The fourth-order valence-corrected chi connectivity index (χ4v) is 3.77. The smallest absolute Gasteiger partial charge is 0.437 e. The molecule has 0 aliphatic carbocycles. The van der Waals surface area contributed by atoms with E-state index in [1.54, 1.807) is 29.6 Å². The Morgan fingerprint density at radius 2 is 1.78 bits per heavy atom. The topological polar surface area (TPSA) is 108 Å². The Hall–Kier alpha value is -4.05. The Labute approximate surface area is 186 Å². The van der Waals surface area contributed by atoms with Gasteiger partial charge in [-0.15, -0.1) is 16.4 Å². The van der Waals surface area contributed by atoms with Gasteiger partial charge in [-0.05, 0) is 24.3 Å². The predicted molar refractivity (Wildman–Crippen MR) is 117 cm³/mol. The van der Waals surface area contributed by atoms with Gasteiger partial charge >= 0.3 is 11.7 Å². The van der Waals surface area contributed by atoms with Crippen molar-refractivity contribution in [2.45, 2.75) is 20.1 Å². The van der Waals surface area contributed by atoms with Crippen LogP contribution in [0.4, 0.5) is 10.8 Å². The summed E-state index contributed by atoms with van der Waals surface area (Å²) in [6, 6.07) is 18.0. The van der Waals surface area contributed by atoms with Crippen molar-refractivity contribution < 1.29 is 18.7 Å². The lowest BCUT2D eigenvalue weighted by molar-refractivity contribution is -0.146. The van der Waals surface area contributed by atoms with E-state index in [9.17, 15) is 14.4 Å². The molecule has 0 aliphatic rings. The minimum atomic E-state index is -0.753. The highest BCUT2D eigenvalue weighted by atomic mass is 32.1. The second-order valence-electron chi connectivity index (χ2n) is 6.67. The number of thiazole rings is 1. The van der Waals surface area contributed by atoms with E-state index in [-0.39, 0.29) is 18.4 Å². The number of amides is 1. The molecule has 0 fully saturated rings. The number of aromatic nitrogens is 3. The van der Waals surface area contributed by atoms with Crippen molar-refractivity contribution >= 4 is 34.0 Å². The average molecular weight is 450 g/mol. The zero-order chi connectivity index (χ0) is 22.5. The third-order valence-electron chi connectivity index (χ3n) is 4.35. The molecule has 162 valence electrons. The Bertz CT molecular complexity index is 1280. The summed E-state index contributed by atoms with van der Waals surface area (Å²) in [5.74, 6) is -1.48. The Morgan fingerprint density at radius 3 is 2.47 bits per heavy atom. The zero-order valence-electron chi connectivity index (χ0n) is 17.0. The van der Waals surface area contributed by atoms with Gasteiger partial charge in [0.05, 0.1) is 11.4 Å². The molecule has 0 saturated carbocycles. The number of benzene rings is 2. The first-order valence-electron chi connectivity index (χ1n) is 9.60. The minimum Gasteiger partial charge on any atom is -0.458 e. The van der Waals surface area contributed by atoms with Gasteiger partial charge in [0.1, 0.15) is 13.2 Å². The van der Waals surface area contributed by atoms with Gasteiger partial charge in [-0.3, -0.25) is 14.5 Å². The molecule has 2 aromatic heterocycles. The molecule has 10 heteroatoms. The summed E-state index contributed by atoms with van der Waals surface area (Å²) in [6.07, 6.45) is 0. The van der Waals surface area contributed by atoms with Crippen molar-refractivity contribution in [3.8, 4) is 11.5 Å². The molecule has 0 aliphatic heterocycles. The van der Waals surface area contributed by atoms with Gasteiger partial charge in [0, 0.05) is 17.9 Å². The SMILES string of the molecule is CC(=O)N(c1ccccc1)c1nc(COC(=O)Cn2nc(-c3ccccc3)oc2=O)cs1. The number of ether oxygens (including phenoxy) is 1. The van der Waals surface area contributed by atoms with E-state index in [0.717, 1.165) is 4.68 Å². The fraction of sp³-hybridized carbons (Fsp3) is 0.136. The van der Waals surface area contributed by atoms with Gasteiger partial charge in [-0.1, -0.05) is 36.4 Å². The van der Waals surface area contributed by atoms with Crippen LogP contribution < -0.4 is 10.7 Å². The number of hydrogen-bond acceptors (Lipinski definition) is 8. The molecular formula is C22H18N4O5S. The number of para-hydroxylation sites is 1. The third kappa shape index (κ3) is 4.81. The largest absolute Gasteiger partial charge is 0.458 e. The molecular weight excluding hydrogens is 432 g/mol. The van der Waals surface area contributed by atoms with Crippen LogP contribution in [0.2, 0.25) is 0 Å². The number of esters is 1. The Morgan fingerprint density at radius 1 is 1.09 bits per heavy atom. The second-order valence-corrected chi connectivity index (χ2v) is 7.51. The van der Waals surface area contributed by atoms with Gasteiger partial charge in [-0.2, -0.15) is 4.68 Å². The van der Waals surface area contributed by atoms with Crippen LogP contribution in [-0.4, -0.2) is 26.6 Å². The molecule has 0 bridgehead atoms. The summed E-state index contributed by atoms with van der Waals surface area (Å²) in [7, 11) is 0. The number of hydrogen-bond donors (Lipinski definition) is 0. The van der Waals surface area contributed by atoms with E-state index >= 15 is 0 Å². The predicted octanol–water partition coefficient (Wildman–Crippen LogP) is 3.39. The van der Waals surface area contributed by atoms with Gasteiger partial charge in [0.25, 0.3) is 0 Å². The third-order valence-corrected chi connectivity index (χ3v) is 5.22. The van der Waals surface area contributed by atoms with Crippen LogP contribution in [0, 0.1) is 0 Å². The lowest BCUT2D eigenvalue weighted by Gasteiger charge is -2.17. The highest BCUT2D eigenvalue weighted by Gasteiger charge is 2.19. The Kier molecular flexibility index (Phi) is 6.22. The maximum atomic E-state index is 12.2. The fourth-order valence-electron chi connectivity index (χ4n) is 2.90. The molecule has 0 radical (unpaired) electrons. The van der Waals surface area contributed by atoms with Crippen molar-refractivity contribution in [1.29, 1.82) is 0 Å². The molecule has 2 heterocycles. The lowest BCUT2D eigenvalue weighted by atomic mass is 10.2. The standard InChI is InChI=1S/C22H18N4O5S/c1-15(27)26(18-10-6-3-7-11-18)21-23-17(14-32-21)13-30-19(28)12-25-22(29)31-20(24-25)16-8-4-2-5-9-16/h2-11,14H,12-13H2,1H3. The molecule has 9 nitrogen and oxygen atoms in total. The van der Waals surface area contributed by atoms with Crippen molar-refractivity contribution in [2.75, 3.05) is 4.90 Å². The van der Waals surface area contributed by atoms with E-state index in [2.05, 4.69) is 10.1 Å². The minimum absolute atomic E-state index is 0.103. The van der Waals surface area contributed by atoms with Crippen LogP contribution in [0.1, 0.15) is 12.6 Å². The molecule has 0 unspecified atom stereocenters. The summed E-state index contributed by atoms with van der Waals surface area (Å²) in [6.45, 7) is 0.956. The van der Waals surface area contributed by atoms with Crippen LogP contribution in [0.25, 0.3) is 11.5 Å². The molecule has 1 amide bonds. The first kappa shape index (κ1) is 21.2. The Balaban J connectivity index is 1.39. The number of rotatable bonds is 7. The normalized spacial score (nSPS) is 10.7. The number of anilines is 2. The van der Waals surface area contributed by atoms with Crippen LogP contribution in [0.15, 0.2) is 75.3 Å². The highest BCUT2D eigenvalue weighted by Crippen LogP contribution is 2.28. The number of nitrogens with zero attached hydrogens (tertiary/aromatic N) is 4. The van der Waals surface area contributed by atoms with Gasteiger partial charge in [-0.25, -0.2) is 9.78 Å².